The molecule has 3 atom stereocenters. The fourth-order valence-electron chi connectivity index (χ4n) is 1.49. The first kappa shape index (κ1) is 4.77. The monoisotopic (exact) mass is 114 g/mol. The Kier molecular flexibility index (Phi) is 0.649. The van der Waals surface area contributed by atoms with E-state index < -0.39 is 5.60 Å². The SMILES string of the molecule is C[C@@]1(O)CC[C@@H]2O[C@@H]21. The second-order valence-corrected chi connectivity index (χ2v) is 2.99. The van der Waals surface area contributed by atoms with E-state index in [2.05, 4.69) is 0 Å². The molecule has 1 heterocycles. The minimum absolute atomic E-state index is 0.183. The molecule has 2 rings (SSSR count). The molecule has 46 valence electrons. The third kappa shape index (κ3) is 0.446. The Hall–Kier alpha value is -0.0800. The fraction of sp³-hybridized carbons (Fsp3) is 1.00. The van der Waals surface area contributed by atoms with Gasteiger partial charge in [0.25, 0.3) is 0 Å². The van der Waals surface area contributed by atoms with Crippen LogP contribution in [0.25, 0.3) is 0 Å². The summed E-state index contributed by atoms with van der Waals surface area (Å²) in [6.45, 7) is 1.85. The first-order chi connectivity index (χ1) is 3.70. The molecule has 2 nitrogen and oxygen atoms in total. The van der Waals surface area contributed by atoms with E-state index in [1.54, 1.807) is 0 Å². The molecule has 2 aliphatic rings. The van der Waals surface area contributed by atoms with Gasteiger partial charge in [-0.1, -0.05) is 0 Å². The zero-order valence-electron chi connectivity index (χ0n) is 4.92. The van der Waals surface area contributed by atoms with Gasteiger partial charge in [0.15, 0.2) is 0 Å². The maximum absolute atomic E-state index is 9.38. The average Bonchev–Trinajstić information content (AvgIpc) is 2.34. The minimum Gasteiger partial charge on any atom is -0.387 e. The lowest BCUT2D eigenvalue weighted by Crippen LogP contribution is -2.27. The predicted octanol–water partition coefficient (Wildman–Crippen LogP) is 0.299. The highest BCUT2D eigenvalue weighted by Crippen LogP contribution is 2.45. The molecule has 0 spiro atoms. The van der Waals surface area contributed by atoms with Crippen LogP contribution in [0.5, 0.6) is 0 Å². The van der Waals surface area contributed by atoms with Crippen LogP contribution >= 0.6 is 0 Å². The van der Waals surface area contributed by atoms with Gasteiger partial charge in [0.2, 0.25) is 0 Å². The van der Waals surface area contributed by atoms with Crippen LogP contribution in [0.1, 0.15) is 19.8 Å². The lowest BCUT2D eigenvalue weighted by Gasteiger charge is -2.14. The van der Waals surface area contributed by atoms with Crippen LogP contribution in [0.15, 0.2) is 0 Å². The van der Waals surface area contributed by atoms with Crippen LogP contribution < -0.4 is 0 Å². The van der Waals surface area contributed by atoms with Gasteiger partial charge in [-0.2, -0.15) is 0 Å². The van der Waals surface area contributed by atoms with Crippen molar-refractivity contribution in [3.8, 4) is 0 Å². The van der Waals surface area contributed by atoms with Gasteiger partial charge < -0.3 is 9.84 Å². The van der Waals surface area contributed by atoms with Crippen LogP contribution in [0.2, 0.25) is 0 Å². The zero-order valence-corrected chi connectivity index (χ0v) is 4.92. The van der Waals surface area contributed by atoms with E-state index >= 15 is 0 Å². The lowest BCUT2D eigenvalue weighted by atomic mass is 10.1. The van der Waals surface area contributed by atoms with Crippen molar-refractivity contribution in [2.45, 2.75) is 37.6 Å². The Morgan fingerprint density at radius 3 is 2.62 bits per heavy atom. The van der Waals surface area contributed by atoms with E-state index in [0.29, 0.717) is 6.10 Å². The summed E-state index contributed by atoms with van der Waals surface area (Å²) in [5.41, 5.74) is -0.495. The summed E-state index contributed by atoms with van der Waals surface area (Å²) < 4.78 is 5.12. The lowest BCUT2D eigenvalue weighted by molar-refractivity contribution is 0.0208. The first-order valence-electron chi connectivity index (χ1n) is 3.08. The Labute approximate surface area is 48.5 Å². The Bertz CT molecular complexity index is 120. The van der Waals surface area contributed by atoms with E-state index in [0.717, 1.165) is 12.8 Å². The summed E-state index contributed by atoms with van der Waals surface area (Å²) >= 11 is 0. The molecule has 0 aromatic rings. The Morgan fingerprint density at radius 2 is 2.50 bits per heavy atom. The number of epoxide rings is 1. The maximum Gasteiger partial charge on any atom is 0.112 e. The van der Waals surface area contributed by atoms with Gasteiger partial charge in [-0.15, -0.1) is 0 Å². The van der Waals surface area contributed by atoms with Crippen LogP contribution in [-0.4, -0.2) is 22.9 Å². The van der Waals surface area contributed by atoms with E-state index in [1.165, 1.54) is 0 Å². The molecular formula is C6H10O2. The number of hydrogen-bond donors (Lipinski definition) is 1. The zero-order chi connectivity index (χ0) is 5.78. The standard InChI is InChI=1S/C6H10O2/c1-6(7)3-2-4-5(6)8-4/h4-5,7H,2-3H2,1H3/t4-,5-,6+/m0/s1. The van der Waals surface area contributed by atoms with Crippen LogP contribution in [0.3, 0.4) is 0 Å². The van der Waals surface area contributed by atoms with Crippen molar-refractivity contribution in [3.05, 3.63) is 0 Å². The fourth-order valence-corrected chi connectivity index (χ4v) is 1.49. The van der Waals surface area contributed by atoms with Crippen molar-refractivity contribution in [2.24, 2.45) is 0 Å². The topological polar surface area (TPSA) is 32.8 Å². The third-order valence-corrected chi connectivity index (χ3v) is 2.13. The molecule has 1 N–H and O–H groups in total. The third-order valence-electron chi connectivity index (χ3n) is 2.13. The average molecular weight is 114 g/mol. The molecule has 1 saturated heterocycles. The number of hydrogen-bond acceptors (Lipinski definition) is 2. The molecule has 1 saturated carbocycles. The molecule has 0 radical (unpaired) electrons. The molecule has 2 heteroatoms. The largest absolute Gasteiger partial charge is 0.387 e. The quantitative estimate of drug-likeness (QED) is 0.459. The molecular weight excluding hydrogens is 104 g/mol. The molecule has 0 aromatic heterocycles. The Morgan fingerprint density at radius 1 is 1.75 bits per heavy atom. The van der Waals surface area contributed by atoms with Crippen LogP contribution in [0, 0.1) is 0 Å². The van der Waals surface area contributed by atoms with E-state index in [1.807, 2.05) is 6.92 Å². The summed E-state index contributed by atoms with van der Waals surface area (Å²) in [7, 11) is 0. The Balaban J connectivity index is 2.17. The second kappa shape index (κ2) is 1.09. The molecule has 1 aliphatic heterocycles. The van der Waals surface area contributed by atoms with Crippen molar-refractivity contribution in [1.29, 1.82) is 0 Å². The van der Waals surface area contributed by atoms with E-state index in [9.17, 15) is 5.11 Å². The summed E-state index contributed by atoms with van der Waals surface area (Å²) in [5, 5.41) is 9.38. The van der Waals surface area contributed by atoms with E-state index in [-0.39, 0.29) is 6.10 Å². The van der Waals surface area contributed by atoms with E-state index in [4.69, 9.17) is 4.74 Å². The number of aliphatic hydroxyl groups is 1. The molecule has 0 aromatic carbocycles. The summed E-state index contributed by atoms with van der Waals surface area (Å²) in [6, 6.07) is 0. The molecule has 2 fully saturated rings. The van der Waals surface area contributed by atoms with Gasteiger partial charge in [-0.3, -0.25) is 0 Å². The van der Waals surface area contributed by atoms with Crippen LogP contribution in [0.4, 0.5) is 0 Å². The van der Waals surface area contributed by atoms with Crippen LogP contribution in [-0.2, 0) is 4.74 Å². The van der Waals surface area contributed by atoms with Gasteiger partial charge in [0.1, 0.15) is 6.10 Å². The van der Waals surface area contributed by atoms with Gasteiger partial charge in [-0.25, -0.2) is 0 Å². The number of fused-ring (bicyclic) bond motifs is 1. The maximum atomic E-state index is 9.38. The first-order valence-corrected chi connectivity index (χ1v) is 3.08. The molecule has 0 unspecified atom stereocenters. The highest BCUT2D eigenvalue weighted by Gasteiger charge is 2.56. The normalized spacial score (nSPS) is 60.8. The predicted molar refractivity (Wildman–Crippen MR) is 28.5 cm³/mol. The van der Waals surface area contributed by atoms with Crippen molar-refractivity contribution in [1.82, 2.24) is 0 Å². The molecule has 0 amide bonds. The van der Waals surface area contributed by atoms with Gasteiger partial charge in [0.05, 0.1) is 11.7 Å². The molecule has 1 aliphatic carbocycles. The number of rotatable bonds is 0. The number of ether oxygens (including phenoxy) is 1. The smallest absolute Gasteiger partial charge is 0.112 e. The van der Waals surface area contributed by atoms with Gasteiger partial charge in [-0.05, 0) is 19.8 Å². The second-order valence-electron chi connectivity index (χ2n) is 2.99. The summed E-state index contributed by atoms with van der Waals surface area (Å²) in [6.07, 6.45) is 2.56. The minimum atomic E-state index is -0.495. The van der Waals surface area contributed by atoms with Crippen molar-refractivity contribution in [3.63, 3.8) is 0 Å². The van der Waals surface area contributed by atoms with Crippen molar-refractivity contribution >= 4 is 0 Å². The molecule has 8 heavy (non-hydrogen) atoms. The highest BCUT2D eigenvalue weighted by molar-refractivity contribution is 5.05. The highest BCUT2D eigenvalue weighted by atomic mass is 16.6. The molecule has 0 bridgehead atoms. The summed E-state index contributed by atoms with van der Waals surface area (Å²) in [5.74, 6) is 0. The van der Waals surface area contributed by atoms with Crippen molar-refractivity contribution < 1.29 is 9.84 Å². The summed E-state index contributed by atoms with van der Waals surface area (Å²) in [4.78, 5) is 0. The van der Waals surface area contributed by atoms with Gasteiger partial charge >= 0.3 is 0 Å². The van der Waals surface area contributed by atoms with Crippen molar-refractivity contribution in [2.75, 3.05) is 0 Å². The van der Waals surface area contributed by atoms with Gasteiger partial charge in [0, 0.05) is 0 Å².